The van der Waals surface area contributed by atoms with E-state index < -0.39 is 23.8 Å². The smallest absolute Gasteiger partial charge is 0.319 e. The minimum atomic E-state index is -1.19. The third kappa shape index (κ3) is 10.3. The summed E-state index contributed by atoms with van der Waals surface area (Å²) >= 11 is 0. The number of Topliss-reactive ketones (excluding diaryl/α,β-unsaturated/α-hetero) is 1. The lowest BCUT2D eigenvalue weighted by atomic mass is 9.79. The number of cyclic esters (lactones) is 1. The molecule has 3 heterocycles. The second kappa shape index (κ2) is 16.5. The highest BCUT2D eigenvalue weighted by atomic mass is 16.6. The van der Waals surface area contributed by atoms with Crippen molar-refractivity contribution in [3.8, 4) is 0 Å². The van der Waals surface area contributed by atoms with Gasteiger partial charge >= 0.3 is 5.97 Å². The second-order valence-corrected chi connectivity index (χ2v) is 13.4. The van der Waals surface area contributed by atoms with Crippen molar-refractivity contribution >= 4 is 11.8 Å². The minimum absolute atomic E-state index is 0.127. The predicted molar refractivity (Wildman–Crippen MR) is 161 cm³/mol. The highest BCUT2D eigenvalue weighted by Gasteiger charge is 2.43. The summed E-state index contributed by atoms with van der Waals surface area (Å²) in [6, 6.07) is 0.647. The van der Waals surface area contributed by atoms with Crippen LogP contribution in [0.4, 0.5) is 0 Å². The molecular weight excluding hydrogens is 508 g/mol. The average molecular weight is 571 g/mol. The van der Waals surface area contributed by atoms with Crippen LogP contribution in [0.15, 0.2) is 0 Å². The van der Waals surface area contributed by atoms with Crippen molar-refractivity contribution in [2.75, 3.05) is 33.3 Å². The Morgan fingerprint density at radius 3 is 2.02 bits per heavy atom. The van der Waals surface area contributed by atoms with Crippen LogP contribution in [0.25, 0.3) is 0 Å². The van der Waals surface area contributed by atoms with E-state index in [9.17, 15) is 19.8 Å². The van der Waals surface area contributed by atoms with Gasteiger partial charge in [-0.15, -0.1) is 0 Å². The Morgan fingerprint density at radius 2 is 1.50 bits per heavy atom. The van der Waals surface area contributed by atoms with E-state index >= 15 is 0 Å². The summed E-state index contributed by atoms with van der Waals surface area (Å²) in [6.07, 6.45) is 1.26. The Balaban J connectivity index is 0.000000555. The summed E-state index contributed by atoms with van der Waals surface area (Å²) in [7, 11) is 2.08. The molecule has 0 bridgehead atoms. The van der Waals surface area contributed by atoms with Crippen molar-refractivity contribution in [2.24, 2.45) is 35.0 Å². The molecule has 0 spiro atoms. The number of ketones is 1. The molecule has 0 aromatic carbocycles. The fourth-order valence-corrected chi connectivity index (χ4v) is 6.11. The van der Waals surface area contributed by atoms with Gasteiger partial charge in [0.15, 0.2) is 12.1 Å². The minimum Gasteiger partial charge on any atom is -0.463 e. The fraction of sp³-hybridized carbons (Fsp3) is 0.938. The standard InChI is InChI=1S/C22H40N2O4.C8H16O2.C2H6/c1-14(2)24-11-17(12-24)19-13-28-21(27)22(5,6)20(26)16(4)9-18(25)8-15(3)10-23(19)7;1-5-4-6(2)10-8(9)7(5)3;1-2/h14-19,25H,8-13H2,1-7H3;5-9H,4H2,1-3H3;1-2H3/t15-,16-,18-,19+;5-,6+,7+,8+;/m10./s1. The summed E-state index contributed by atoms with van der Waals surface area (Å²) in [4.78, 5) is 30.3. The molecule has 0 saturated carbocycles. The zero-order chi connectivity index (χ0) is 30.9. The molecule has 3 rings (SSSR count). The summed E-state index contributed by atoms with van der Waals surface area (Å²) in [6.45, 7) is 25.0. The van der Waals surface area contributed by atoms with Crippen LogP contribution in [-0.4, -0.2) is 95.6 Å². The molecule has 0 radical (unpaired) electrons. The number of nitrogens with zero attached hydrogens (tertiary/aromatic N) is 2. The molecular formula is C32H62N2O6. The summed E-state index contributed by atoms with van der Waals surface area (Å²) in [5, 5.41) is 19.8. The van der Waals surface area contributed by atoms with E-state index in [1.54, 1.807) is 20.8 Å². The van der Waals surface area contributed by atoms with E-state index in [4.69, 9.17) is 9.47 Å². The Morgan fingerprint density at radius 1 is 0.925 bits per heavy atom. The Labute approximate surface area is 245 Å². The highest BCUT2D eigenvalue weighted by molar-refractivity contribution is 6.03. The molecule has 236 valence electrons. The molecule has 40 heavy (non-hydrogen) atoms. The first-order chi connectivity index (χ1) is 18.5. The molecule has 0 aromatic rings. The topological polar surface area (TPSA) is 99.5 Å². The van der Waals surface area contributed by atoms with Crippen molar-refractivity contribution in [1.29, 1.82) is 0 Å². The number of aliphatic hydroxyl groups is 2. The zero-order valence-corrected chi connectivity index (χ0v) is 27.6. The number of rotatable bonds is 2. The molecule has 3 fully saturated rings. The van der Waals surface area contributed by atoms with Gasteiger partial charge in [-0.1, -0.05) is 41.5 Å². The number of likely N-dealkylation sites (N-methyl/N-ethyl adjacent to an activating group) is 1. The van der Waals surface area contributed by atoms with Crippen molar-refractivity contribution in [2.45, 2.75) is 126 Å². The van der Waals surface area contributed by atoms with Crippen LogP contribution in [0, 0.1) is 35.0 Å². The Bertz CT molecular complexity index is 757. The molecule has 3 aliphatic rings. The Kier molecular flexibility index (Phi) is 15.3. The van der Waals surface area contributed by atoms with Crippen molar-refractivity contribution in [3.05, 3.63) is 0 Å². The maximum Gasteiger partial charge on any atom is 0.319 e. The van der Waals surface area contributed by atoms with E-state index in [0.717, 1.165) is 26.1 Å². The lowest BCUT2D eigenvalue weighted by Crippen LogP contribution is -2.59. The number of carbonyl (C=O) groups is 2. The van der Waals surface area contributed by atoms with Crippen LogP contribution in [-0.2, 0) is 19.1 Å². The summed E-state index contributed by atoms with van der Waals surface area (Å²) in [5.41, 5.74) is -1.19. The molecule has 0 aromatic heterocycles. The molecule has 3 saturated heterocycles. The lowest BCUT2D eigenvalue weighted by molar-refractivity contribution is -0.199. The van der Waals surface area contributed by atoms with Gasteiger partial charge in [0.1, 0.15) is 12.0 Å². The monoisotopic (exact) mass is 570 g/mol. The van der Waals surface area contributed by atoms with E-state index in [1.165, 1.54) is 0 Å². The van der Waals surface area contributed by atoms with Gasteiger partial charge in [0.05, 0.1) is 12.2 Å². The Hall–Kier alpha value is -1.06. The number of hydrogen-bond acceptors (Lipinski definition) is 8. The molecule has 8 heteroatoms. The summed E-state index contributed by atoms with van der Waals surface area (Å²) < 4.78 is 10.9. The number of ether oxygens (including phenoxy) is 2. The molecule has 0 amide bonds. The van der Waals surface area contributed by atoms with Gasteiger partial charge < -0.3 is 24.6 Å². The van der Waals surface area contributed by atoms with E-state index in [1.807, 2.05) is 27.7 Å². The number of esters is 1. The molecule has 8 atom stereocenters. The first kappa shape index (κ1) is 37.0. The third-order valence-electron chi connectivity index (χ3n) is 9.06. The van der Waals surface area contributed by atoms with Crippen LogP contribution < -0.4 is 0 Å². The quantitative estimate of drug-likeness (QED) is 0.367. The van der Waals surface area contributed by atoms with Crippen LogP contribution in [0.1, 0.15) is 95.4 Å². The maximum absolute atomic E-state index is 12.8. The second-order valence-electron chi connectivity index (χ2n) is 13.4. The highest BCUT2D eigenvalue weighted by Crippen LogP contribution is 2.31. The average Bonchev–Trinajstić information content (AvgIpc) is 2.83. The predicted octanol–water partition coefficient (Wildman–Crippen LogP) is 4.60. The van der Waals surface area contributed by atoms with E-state index in [-0.39, 0.29) is 29.8 Å². The number of carbonyl (C=O) groups excluding carboxylic acids is 2. The SMILES string of the molecule is CC.CC(C)N1CC([C@@H]2COC(=O)C(C)(C)C(=O)[C@H](C)C[C@H](O)C[C@@H](C)CN2C)C1.C[C@H]1[C@H](O)O[C@H](C)C[C@@H]1C. The first-order valence-electron chi connectivity index (χ1n) is 15.7. The zero-order valence-electron chi connectivity index (χ0n) is 27.6. The first-order valence-corrected chi connectivity index (χ1v) is 15.7. The van der Waals surface area contributed by atoms with E-state index in [2.05, 4.69) is 44.5 Å². The summed E-state index contributed by atoms with van der Waals surface area (Å²) in [5.74, 6) is 0.642. The molecule has 8 nitrogen and oxygen atoms in total. The van der Waals surface area contributed by atoms with Gasteiger partial charge in [0.2, 0.25) is 0 Å². The normalized spacial score (nSPS) is 36.9. The van der Waals surface area contributed by atoms with Gasteiger partial charge in [-0.3, -0.25) is 14.5 Å². The molecule has 2 N–H and O–H groups in total. The van der Waals surface area contributed by atoms with Crippen molar-refractivity contribution < 1.29 is 29.3 Å². The largest absolute Gasteiger partial charge is 0.463 e. The van der Waals surface area contributed by atoms with Gasteiger partial charge in [-0.05, 0) is 72.8 Å². The number of likely N-dealkylation sites (tertiary alicyclic amines) is 1. The van der Waals surface area contributed by atoms with Crippen LogP contribution in [0.2, 0.25) is 0 Å². The number of hydrogen-bond donors (Lipinski definition) is 2. The fourth-order valence-electron chi connectivity index (χ4n) is 6.11. The molecule has 0 aliphatic carbocycles. The molecule has 3 aliphatic heterocycles. The van der Waals surface area contributed by atoms with Crippen molar-refractivity contribution in [3.63, 3.8) is 0 Å². The van der Waals surface area contributed by atoms with Crippen molar-refractivity contribution in [1.82, 2.24) is 9.80 Å². The van der Waals surface area contributed by atoms with E-state index in [0.29, 0.717) is 43.2 Å². The maximum atomic E-state index is 12.8. The van der Waals surface area contributed by atoms with Crippen LogP contribution in [0.3, 0.4) is 0 Å². The lowest BCUT2D eigenvalue weighted by Gasteiger charge is -2.48. The van der Waals surface area contributed by atoms with Crippen LogP contribution in [0.5, 0.6) is 0 Å². The van der Waals surface area contributed by atoms with Gasteiger partial charge in [0, 0.05) is 49.5 Å². The van der Waals surface area contributed by atoms with Gasteiger partial charge in [-0.25, -0.2) is 0 Å². The van der Waals surface area contributed by atoms with Crippen LogP contribution >= 0.6 is 0 Å². The number of aliphatic hydroxyl groups excluding tert-OH is 2. The molecule has 0 unspecified atom stereocenters. The third-order valence-corrected chi connectivity index (χ3v) is 9.06. The van der Waals surface area contributed by atoms with Gasteiger partial charge in [0.25, 0.3) is 0 Å². The van der Waals surface area contributed by atoms with Gasteiger partial charge in [-0.2, -0.15) is 0 Å².